The molecule has 0 aliphatic carbocycles. The van der Waals surface area contributed by atoms with E-state index in [0.29, 0.717) is 23.8 Å². The van der Waals surface area contributed by atoms with Crippen LogP contribution in [0.3, 0.4) is 0 Å². The second-order valence-corrected chi connectivity index (χ2v) is 5.48. The third kappa shape index (κ3) is 4.65. The Kier molecular flexibility index (Phi) is 6.07. The van der Waals surface area contributed by atoms with E-state index in [9.17, 15) is 4.79 Å². The fourth-order valence-corrected chi connectivity index (χ4v) is 2.27. The molecule has 5 heteroatoms. The highest BCUT2D eigenvalue weighted by Crippen LogP contribution is 2.27. The molecule has 128 valence electrons. The van der Waals surface area contributed by atoms with E-state index in [2.05, 4.69) is 5.32 Å². The van der Waals surface area contributed by atoms with Crippen LogP contribution in [0.2, 0.25) is 0 Å². The molecule has 0 aliphatic heterocycles. The van der Waals surface area contributed by atoms with E-state index in [0.717, 1.165) is 11.1 Å². The Hall–Kier alpha value is -2.69. The van der Waals surface area contributed by atoms with Crippen LogP contribution >= 0.6 is 0 Å². The number of nitrogens with one attached hydrogen (secondary N) is 1. The molecule has 0 spiro atoms. The van der Waals surface area contributed by atoms with Crippen LogP contribution in [0.5, 0.6) is 17.2 Å². The molecule has 2 aromatic carbocycles. The zero-order valence-electron chi connectivity index (χ0n) is 14.5. The molecule has 0 saturated carbocycles. The van der Waals surface area contributed by atoms with Gasteiger partial charge in [0.1, 0.15) is 5.75 Å². The number of carbonyl (C=O) groups is 1. The van der Waals surface area contributed by atoms with Gasteiger partial charge in [-0.3, -0.25) is 4.79 Å². The highest BCUT2D eigenvalue weighted by molar-refractivity contribution is 5.80. The number of hydrogen-bond donors (Lipinski definition) is 1. The van der Waals surface area contributed by atoms with Crippen LogP contribution < -0.4 is 19.5 Å². The molecule has 0 bridgehead atoms. The van der Waals surface area contributed by atoms with Crippen molar-refractivity contribution in [3.63, 3.8) is 0 Å². The fraction of sp³-hybridized carbons (Fsp3) is 0.316. The van der Waals surface area contributed by atoms with Crippen molar-refractivity contribution in [2.75, 3.05) is 14.2 Å². The first kappa shape index (κ1) is 17.7. The Morgan fingerprint density at radius 2 is 1.83 bits per heavy atom. The lowest BCUT2D eigenvalue weighted by molar-refractivity contribution is -0.127. The van der Waals surface area contributed by atoms with Gasteiger partial charge in [0.05, 0.1) is 14.2 Å². The van der Waals surface area contributed by atoms with Gasteiger partial charge < -0.3 is 19.5 Å². The number of rotatable bonds is 7. The van der Waals surface area contributed by atoms with Gasteiger partial charge >= 0.3 is 0 Å². The highest BCUT2D eigenvalue weighted by atomic mass is 16.5. The number of carbonyl (C=O) groups excluding carboxylic acids is 1. The Morgan fingerprint density at radius 3 is 2.50 bits per heavy atom. The van der Waals surface area contributed by atoms with Gasteiger partial charge in [-0.1, -0.05) is 18.2 Å². The van der Waals surface area contributed by atoms with Gasteiger partial charge in [-0.15, -0.1) is 0 Å². The minimum atomic E-state index is -0.577. The lowest BCUT2D eigenvalue weighted by Gasteiger charge is -2.15. The Bertz CT molecular complexity index is 700. The second-order valence-electron chi connectivity index (χ2n) is 5.48. The molecule has 2 aromatic rings. The normalized spacial score (nSPS) is 11.5. The van der Waals surface area contributed by atoms with E-state index in [-0.39, 0.29) is 5.91 Å². The van der Waals surface area contributed by atoms with Crippen molar-refractivity contribution in [1.29, 1.82) is 0 Å². The van der Waals surface area contributed by atoms with Gasteiger partial charge in [0, 0.05) is 6.54 Å². The number of amides is 1. The van der Waals surface area contributed by atoms with Crippen molar-refractivity contribution in [2.45, 2.75) is 26.5 Å². The lowest BCUT2D eigenvalue weighted by Crippen LogP contribution is -2.35. The number of ether oxygens (including phenoxy) is 3. The predicted octanol–water partition coefficient (Wildman–Crippen LogP) is 3.10. The third-order valence-electron chi connectivity index (χ3n) is 3.59. The standard InChI is InChI=1S/C19H23NO4/c1-13-6-5-7-16(10-13)24-14(2)19(21)20-12-15-8-9-17(22-3)18(11-15)23-4/h5-11,14H,12H2,1-4H3,(H,20,21). The number of benzene rings is 2. The molecule has 1 atom stereocenters. The van der Waals surface area contributed by atoms with Crippen LogP contribution in [0.25, 0.3) is 0 Å². The molecule has 0 fully saturated rings. The Balaban J connectivity index is 1.92. The summed E-state index contributed by atoms with van der Waals surface area (Å²) in [6, 6.07) is 13.2. The summed E-state index contributed by atoms with van der Waals surface area (Å²) in [5.41, 5.74) is 2.01. The topological polar surface area (TPSA) is 56.8 Å². The van der Waals surface area contributed by atoms with Gasteiger partial charge in [0.25, 0.3) is 5.91 Å². The molecule has 0 saturated heterocycles. The maximum Gasteiger partial charge on any atom is 0.261 e. The van der Waals surface area contributed by atoms with Crippen LogP contribution in [0, 0.1) is 6.92 Å². The monoisotopic (exact) mass is 329 g/mol. The maximum atomic E-state index is 12.2. The van der Waals surface area contributed by atoms with Crippen LogP contribution in [-0.2, 0) is 11.3 Å². The van der Waals surface area contributed by atoms with Crippen molar-refractivity contribution >= 4 is 5.91 Å². The second kappa shape index (κ2) is 8.24. The van der Waals surface area contributed by atoms with E-state index in [4.69, 9.17) is 14.2 Å². The first-order valence-electron chi connectivity index (χ1n) is 7.75. The molecule has 5 nitrogen and oxygen atoms in total. The third-order valence-corrected chi connectivity index (χ3v) is 3.59. The van der Waals surface area contributed by atoms with E-state index in [1.165, 1.54) is 0 Å². The molecule has 0 aliphatic rings. The molecule has 0 heterocycles. The molecule has 1 amide bonds. The SMILES string of the molecule is COc1ccc(CNC(=O)C(C)Oc2cccc(C)c2)cc1OC. The van der Waals surface area contributed by atoms with Crippen molar-refractivity contribution in [2.24, 2.45) is 0 Å². The molecule has 0 aromatic heterocycles. The number of methoxy groups -OCH3 is 2. The van der Waals surface area contributed by atoms with E-state index >= 15 is 0 Å². The van der Waals surface area contributed by atoms with E-state index < -0.39 is 6.10 Å². The molecule has 2 rings (SSSR count). The van der Waals surface area contributed by atoms with Gasteiger partial charge in [0.2, 0.25) is 0 Å². The Labute approximate surface area is 142 Å². The zero-order valence-corrected chi connectivity index (χ0v) is 14.5. The average Bonchev–Trinajstić information content (AvgIpc) is 2.59. The summed E-state index contributed by atoms with van der Waals surface area (Å²) >= 11 is 0. The van der Waals surface area contributed by atoms with Gasteiger partial charge in [-0.25, -0.2) is 0 Å². The first-order valence-corrected chi connectivity index (χ1v) is 7.75. The summed E-state index contributed by atoms with van der Waals surface area (Å²) in [6.07, 6.45) is -0.577. The average molecular weight is 329 g/mol. The fourth-order valence-electron chi connectivity index (χ4n) is 2.27. The predicted molar refractivity (Wildman–Crippen MR) is 92.7 cm³/mol. The minimum Gasteiger partial charge on any atom is -0.493 e. The lowest BCUT2D eigenvalue weighted by atomic mass is 10.2. The molecule has 24 heavy (non-hydrogen) atoms. The molecular formula is C19H23NO4. The van der Waals surface area contributed by atoms with E-state index in [1.54, 1.807) is 21.1 Å². The summed E-state index contributed by atoms with van der Waals surface area (Å²) in [5, 5.41) is 2.86. The summed E-state index contributed by atoms with van der Waals surface area (Å²) in [4.78, 5) is 12.2. The maximum absolute atomic E-state index is 12.2. The number of aryl methyl sites for hydroxylation is 1. The van der Waals surface area contributed by atoms with Gasteiger partial charge in [-0.05, 0) is 49.2 Å². The van der Waals surface area contributed by atoms with E-state index in [1.807, 2.05) is 49.4 Å². The summed E-state index contributed by atoms with van der Waals surface area (Å²) in [6.45, 7) is 4.10. The largest absolute Gasteiger partial charge is 0.493 e. The molecule has 1 unspecified atom stereocenters. The van der Waals surface area contributed by atoms with Crippen LogP contribution in [0.15, 0.2) is 42.5 Å². The van der Waals surface area contributed by atoms with Gasteiger partial charge in [0.15, 0.2) is 17.6 Å². The minimum absolute atomic E-state index is 0.175. The quantitative estimate of drug-likeness (QED) is 0.848. The summed E-state index contributed by atoms with van der Waals surface area (Å²) in [5.74, 6) is 1.80. The summed E-state index contributed by atoms with van der Waals surface area (Å²) < 4.78 is 16.1. The molecular weight excluding hydrogens is 306 g/mol. The van der Waals surface area contributed by atoms with Gasteiger partial charge in [-0.2, -0.15) is 0 Å². The van der Waals surface area contributed by atoms with Crippen LogP contribution in [-0.4, -0.2) is 26.2 Å². The van der Waals surface area contributed by atoms with Crippen molar-refractivity contribution in [3.8, 4) is 17.2 Å². The zero-order chi connectivity index (χ0) is 17.5. The number of hydrogen-bond acceptors (Lipinski definition) is 4. The highest BCUT2D eigenvalue weighted by Gasteiger charge is 2.14. The Morgan fingerprint density at radius 1 is 1.08 bits per heavy atom. The van der Waals surface area contributed by atoms with Crippen molar-refractivity contribution in [3.05, 3.63) is 53.6 Å². The summed E-state index contributed by atoms with van der Waals surface area (Å²) in [7, 11) is 3.17. The van der Waals surface area contributed by atoms with Crippen LogP contribution in [0.1, 0.15) is 18.1 Å². The van der Waals surface area contributed by atoms with Crippen molar-refractivity contribution < 1.29 is 19.0 Å². The smallest absolute Gasteiger partial charge is 0.261 e. The van der Waals surface area contributed by atoms with Crippen LogP contribution in [0.4, 0.5) is 0 Å². The first-order chi connectivity index (χ1) is 11.5. The molecule has 0 radical (unpaired) electrons. The van der Waals surface area contributed by atoms with Crippen molar-refractivity contribution in [1.82, 2.24) is 5.32 Å². The molecule has 1 N–H and O–H groups in total.